The van der Waals surface area contributed by atoms with E-state index in [0.717, 1.165) is 16.3 Å². The van der Waals surface area contributed by atoms with Crippen molar-refractivity contribution < 1.29 is 0 Å². The molecule has 1 aromatic carbocycles. The van der Waals surface area contributed by atoms with E-state index >= 15 is 0 Å². The number of nitrogens with zero attached hydrogens (tertiary/aromatic N) is 3. The molecule has 0 aliphatic rings. The fourth-order valence-electron chi connectivity index (χ4n) is 1.75. The quantitative estimate of drug-likeness (QED) is 0.767. The van der Waals surface area contributed by atoms with Gasteiger partial charge in [0.15, 0.2) is 5.82 Å². The third-order valence-corrected chi connectivity index (χ3v) is 3.61. The molecule has 0 spiro atoms. The fourth-order valence-corrected chi connectivity index (χ4v) is 2.47. The van der Waals surface area contributed by atoms with E-state index in [9.17, 15) is 0 Å². The van der Waals surface area contributed by atoms with Gasteiger partial charge < -0.3 is 5.73 Å². The van der Waals surface area contributed by atoms with Crippen molar-refractivity contribution >= 4 is 17.2 Å². The van der Waals surface area contributed by atoms with Crippen LogP contribution >= 0.6 is 11.3 Å². The molecule has 0 atom stereocenters. The van der Waals surface area contributed by atoms with Crippen LogP contribution in [0.3, 0.4) is 0 Å². The highest BCUT2D eigenvalue weighted by Crippen LogP contribution is 2.28. The van der Waals surface area contributed by atoms with E-state index in [1.807, 2.05) is 48.7 Å². The number of thiophene rings is 1. The van der Waals surface area contributed by atoms with Crippen molar-refractivity contribution in [1.29, 1.82) is 0 Å². The summed E-state index contributed by atoms with van der Waals surface area (Å²) in [5.41, 5.74) is 8.98. The van der Waals surface area contributed by atoms with E-state index in [1.54, 1.807) is 16.0 Å². The summed E-state index contributed by atoms with van der Waals surface area (Å²) in [5, 5.41) is 10.3. The maximum atomic E-state index is 6.11. The SMILES string of the molecule is Cc1ccc(-n2nnc(-c3cccs3)c2N)cc1. The highest BCUT2D eigenvalue weighted by atomic mass is 32.1. The minimum atomic E-state index is 0.571. The van der Waals surface area contributed by atoms with E-state index in [-0.39, 0.29) is 0 Å². The van der Waals surface area contributed by atoms with Gasteiger partial charge in [-0.05, 0) is 30.5 Å². The topological polar surface area (TPSA) is 56.7 Å². The molecule has 2 N–H and O–H groups in total. The van der Waals surface area contributed by atoms with Gasteiger partial charge in [0.25, 0.3) is 0 Å². The van der Waals surface area contributed by atoms with Crippen LogP contribution < -0.4 is 5.73 Å². The molecule has 0 bridgehead atoms. The Morgan fingerprint density at radius 1 is 1.17 bits per heavy atom. The third-order valence-electron chi connectivity index (χ3n) is 2.74. The van der Waals surface area contributed by atoms with Crippen molar-refractivity contribution in [3.8, 4) is 16.3 Å². The molecule has 18 heavy (non-hydrogen) atoms. The van der Waals surface area contributed by atoms with Crippen LogP contribution in [0.15, 0.2) is 41.8 Å². The number of nitrogen functional groups attached to an aromatic ring is 1. The molecule has 3 rings (SSSR count). The van der Waals surface area contributed by atoms with E-state index < -0.39 is 0 Å². The monoisotopic (exact) mass is 256 g/mol. The average Bonchev–Trinajstić information content (AvgIpc) is 2.99. The number of benzene rings is 1. The summed E-state index contributed by atoms with van der Waals surface area (Å²) in [5.74, 6) is 0.571. The van der Waals surface area contributed by atoms with E-state index in [1.165, 1.54) is 5.56 Å². The zero-order valence-electron chi connectivity index (χ0n) is 9.87. The number of rotatable bonds is 2. The number of nitrogens with two attached hydrogens (primary N) is 1. The molecule has 0 aliphatic heterocycles. The molecule has 0 amide bonds. The lowest BCUT2D eigenvalue weighted by Crippen LogP contribution is -2.02. The van der Waals surface area contributed by atoms with Crippen LogP contribution in [0.5, 0.6) is 0 Å². The summed E-state index contributed by atoms with van der Waals surface area (Å²) in [4.78, 5) is 1.03. The van der Waals surface area contributed by atoms with Gasteiger partial charge in [-0.25, -0.2) is 0 Å². The van der Waals surface area contributed by atoms with Gasteiger partial charge in [-0.3, -0.25) is 0 Å². The Bertz CT molecular complexity index is 653. The van der Waals surface area contributed by atoms with Gasteiger partial charge in [0.05, 0.1) is 10.6 Å². The van der Waals surface area contributed by atoms with Crippen molar-refractivity contribution in [2.45, 2.75) is 6.92 Å². The van der Waals surface area contributed by atoms with E-state index in [0.29, 0.717) is 5.82 Å². The summed E-state index contributed by atoms with van der Waals surface area (Å²) >= 11 is 1.61. The van der Waals surface area contributed by atoms with Crippen LogP contribution in [0.2, 0.25) is 0 Å². The number of anilines is 1. The zero-order valence-corrected chi connectivity index (χ0v) is 10.7. The van der Waals surface area contributed by atoms with E-state index in [2.05, 4.69) is 10.3 Å². The summed E-state index contributed by atoms with van der Waals surface area (Å²) in [6.07, 6.45) is 0. The lowest BCUT2D eigenvalue weighted by atomic mass is 10.2. The highest BCUT2D eigenvalue weighted by Gasteiger charge is 2.13. The minimum absolute atomic E-state index is 0.571. The lowest BCUT2D eigenvalue weighted by Gasteiger charge is -2.03. The van der Waals surface area contributed by atoms with Crippen molar-refractivity contribution in [3.05, 3.63) is 47.3 Å². The molecular weight excluding hydrogens is 244 g/mol. The highest BCUT2D eigenvalue weighted by molar-refractivity contribution is 7.13. The maximum absolute atomic E-state index is 6.11. The van der Waals surface area contributed by atoms with Crippen molar-refractivity contribution in [3.63, 3.8) is 0 Å². The Hall–Kier alpha value is -2.14. The molecule has 90 valence electrons. The van der Waals surface area contributed by atoms with Crippen molar-refractivity contribution in [2.24, 2.45) is 0 Å². The molecule has 0 fully saturated rings. The first-order valence-corrected chi connectivity index (χ1v) is 6.46. The molecule has 2 heterocycles. The van der Waals surface area contributed by atoms with Gasteiger partial charge in [0.1, 0.15) is 5.69 Å². The largest absolute Gasteiger partial charge is 0.382 e. The second-order valence-electron chi connectivity index (χ2n) is 4.05. The molecule has 0 unspecified atom stereocenters. The minimum Gasteiger partial charge on any atom is -0.382 e. The maximum Gasteiger partial charge on any atom is 0.156 e. The molecule has 0 saturated heterocycles. The summed E-state index contributed by atoms with van der Waals surface area (Å²) in [6, 6.07) is 12.0. The van der Waals surface area contributed by atoms with Crippen LogP contribution in [0.25, 0.3) is 16.3 Å². The van der Waals surface area contributed by atoms with Crippen molar-refractivity contribution in [2.75, 3.05) is 5.73 Å². The zero-order chi connectivity index (χ0) is 12.5. The molecule has 2 aromatic heterocycles. The average molecular weight is 256 g/mol. The van der Waals surface area contributed by atoms with Crippen LogP contribution in [0, 0.1) is 6.92 Å². The van der Waals surface area contributed by atoms with E-state index in [4.69, 9.17) is 5.73 Å². The second kappa shape index (κ2) is 4.27. The molecule has 5 heteroatoms. The van der Waals surface area contributed by atoms with Crippen LogP contribution in [0.1, 0.15) is 5.56 Å². The Labute approximate surface area is 109 Å². The Kier molecular flexibility index (Phi) is 2.60. The first kappa shape index (κ1) is 11.0. The first-order valence-electron chi connectivity index (χ1n) is 5.58. The normalized spacial score (nSPS) is 10.7. The van der Waals surface area contributed by atoms with Crippen LogP contribution in [-0.2, 0) is 0 Å². The third kappa shape index (κ3) is 1.78. The Balaban J connectivity index is 2.07. The number of hydrogen-bond acceptors (Lipinski definition) is 4. The predicted octanol–water partition coefficient (Wildman–Crippen LogP) is 2.89. The second-order valence-corrected chi connectivity index (χ2v) is 5.00. The molecular formula is C13H12N4S. The first-order chi connectivity index (χ1) is 8.75. The smallest absolute Gasteiger partial charge is 0.156 e. The number of aromatic nitrogens is 3. The Morgan fingerprint density at radius 2 is 1.94 bits per heavy atom. The van der Waals surface area contributed by atoms with Crippen LogP contribution in [-0.4, -0.2) is 15.0 Å². The van der Waals surface area contributed by atoms with Crippen LogP contribution in [0.4, 0.5) is 5.82 Å². The predicted molar refractivity (Wildman–Crippen MR) is 73.8 cm³/mol. The molecule has 0 aliphatic carbocycles. The summed E-state index contributed by atoms with van der Waals surface area (Å²) in [6.45, 7) is 2.05. The molecule has 0 saturated carbocycles. The fraction of sp³-hybridized carbons (Fsp3) is 0.0769. The Morgan fingerprint density at radius 3 is 2.61 bits per heavy atom. The summed E-state index contributed by atoms with van der Waals surface area (Å²) < 4.78 is 1.66. The molecule has 3 aromatic rings. The van der Waals surface area contributed by atoms with Gasteiger partial charge in [0, 0.05) is 0 Å². The number of aryl methyl sites for hydroxylation is 1. The van der Waals surface area contributed by atoms with Gasteiger partial charge in [0.2, 0.25) is 0 Å². The van der Waals surface area contributed by atoms with Gasteiger partial charge in [-0.1, -0.05) is 29.0 Å². The summed E-state index contributed by atoms with van der Waals surface area (Å²) in [7, 11) is 0. The standard InChI is InChI=1S/C13H12N4S/c1-9-4-6-10(7-5-9)17-13(14)12(15-16-17)11-3-2-8-18-11/h2-8H,14H2,1H3. The number of hydrogen-bond donors (Lipinski definition) is 1. The molecule has 0 radical (unpaired) electrons. The van der Waals surface area contributed by atoms with Gasteiger partial charge in [-0.15, -0.1) is 16.4 Å². The van der Waals surface area contributed by atoms with Gasteiger partial charge in [-0.2, -0.15) is 4.68 Å². The lowest BCUT2D eigenvalue weighted by molar-refractivity contribution is 0.810. The molecule has 4 nitrogen and oxygen atoms in total. The van der Waals surface area contributed by atoms with Gasteiger partial charge >= 0.3 is 0 Å². The van der Waals surface area contributed by atoms with Crippen molar-refractivity contribution in [1.82, 2.24) is 15.0 Å².